The molecule has 94 valence electrons. The predicted molar refractivity (Wildman–Crippen MR) is 77.2 cm³/mol. The number of pyridine rings is 1. The first-order valence-electron chi connectivity index (χ1n) is 5.77. The van der Waals surface area contributed by atoms with Crippen LogP contribution in [-0.2, 0) is 0 Å². The summed E-state index contributed by atoms with van der Waals surface area (Å²) in [7, 11) is 2.02. The van der Waals surface area contributed by atoms with Gasteiger partial charge in [0.2, 0.25) is 0 Å². The SMILES string of the molecule is CN(c1ncc(Br)cc1Cl)C1CCCCC1Cl. The highest BCUT2D eigenvalue weighted by Crippen LogP contribution is 2.32. The predicted octanol–water partition coefficient (Wildman–Crippen LogP) is 4.48. The Morgan fingerprint density at radius 3 is 2.76 bits per heavy atom. The summed E-state index contributed by atoms with van der Waals surface area (Å²) >= 11 is 16.0. The van der Waals surface area contributed by atoms with Gasteiger partial charge >= 0.3 is 0 Å². The van der Waals surface area contributed by atoms with Gasteiger partial charge in [0.05, 0.1) is 10.4 Å². The average Bonchev–Trinajstić information content (AvgIpc) is 2.29. The Morgan fingerprint density at radius 1 is 1.41 bits per heavy atom. The summed E-state index contributed by atoms with van der Waals surface area (Å²) in [5.41, 5.74) is 0. The van der Waals surface area contributed by atoms with Crippen molar-refractivity contribution >= 4 is 44.9 Å². The van der Waals surface area contributed by atoms with E-state index in [4.69, 9.17) is 23.2 Å². The molecule has 1 aromatic rings. The summed E-state index contributed by atoms with van der Waals surface area (Å²) in [5.74, 6) is 0.812. The Hall–Kier alpha value is 0.01000. The molecule has 0 saturated heterocycles. The minimum absolute atomic E-state index is 0.190. The molecule has 0 aromatic carbocycles. The smallest absolute Gasteiger partial charge is 0.147 e. The zero-order valence-electron chi connectivity index (χ0n) is 9.67. The van der Waals surface area contributed by atoms with E-state index in [1.807, 2.05) is 13.1 Å². The van der Waals surface area contributed by atoms with Gasteiger partial charge in [-0.25, -0.2) is 4.98 Å². The molecule has 0 spiro atoms. The van der Waals surface area contributed by atoms with Crippen LogP contribution in [-0.4, -0.2) is 23.5 Å². The molecule has 1 aliphatic carbocycles. The quantitative estimate of drug-likeness (QED) is 0.739. The minimum atomic E-state index is 0.190. The van der Waals surface area contributed by atoms with E-state index < -0.39 is 0 Å². The normalized spacial score (nSPS) is 24.7. The molecule has 5 heteroatoms. The zero-order chi connectivity index (χ0) is 12.4. The van der Waals surface area contributed by atoms with Crippen molar-refractivity contribution in [3.63, 3.8) is 0 Å². The lowest BCUT2D eigenvalue weighted by molar-refractivity contribution is 0.432. The summed E-state index contributed by atoms with van der Waals surface area (Å²) in [6.07, 6.45) is 6.40. The van der Waals surface area contributed by atoms with Gasteiger partial charge in [-0.05, 0) is 34.8 Å². The van der Waals surface area contributed by atoms with Gasteiger partial charge < -0.3 is 4.90 Å². The molecule has 2 rings (SSSR count). The molecule has 17 heavy (non-hydrogen) atoms. The molecule has 0 aliphatic heterocycles. The first-order chi connectivity index (χ1) is 8.09. The van der Waals surface area contributed by atoms with Crippen LogP contribution in [0, 0.1) is 0 Å². The average molecular weight is 338 g/mol. The van der Waals surface area contributed by atoms with E-state index in [1.165, 1.54) is 12.8 Å². The van der Waals surface area contributed by atoms with Gasteiger partial charge in [-0.1, -0.05) is 24.4 Å². The summed E-state index contributed by atoms with van der Waals surface area (Å²) in [6, 6.07) is 2.20. The second-order valence-corrected chi connectivity index (χ2v) is 6.32. The second-order valence-electron chi connectivity index (χ2n) is 4.44. The van der Waals surface area contributed by atoms with Crippen molar-refractivity contribution in [1.82, 2.24) is 4.98 Å². The lowest BCUT2D eigenvalue weighted by Gasteiger charge is -2.36. The molecule has 0 amide bonds. The van der Waals surface area contributed by atoms with Crippen molar-refractivity contribution in [3.05, 3.63) is 21.8 Å². The highest BCUT2D eigenvalue weighted by Gasteiger charge is 2.28. The van der Waals surface area contributed by atoms with Crippen molar-refractivity contribution < 1.29 is 0 Å². The van der Waals surface area contributed by atoms with Gasteiger partial charge in [0.25, 0.3) is 0 Å². The van der Waals surface area contributed by atoms with E-state index in [0.717, 1.165) is 23.1 Å². The summed E-state index contributed by atoms with van der Waals surface area (Å²) < 4.78 is 0.894. The first kappa shape index (κ1) is 13.4. The third-order valence-corrected chi connectivity index (χ3v) is 4.49. The van der Waals surface area contributed by atoms with Gasteiger partial charge in [-0.3, -0.25) is 0 Å². The number of hydrogen-bond donors (Lipinski definition) is 0. The molecule has 2 unspecified atom stereocenters. The van der Waals surface area contributed by atoms with Gasteiger partial charge in [-0.15, -0.1) is 11.6 Å². The van der Waals surface area contributed by atoms with E-state index in [-0.39, 0.29) is 5.38 Å². The van der Waals surface area contributed by atoms with Crippen LogP contribution in [0.4, 0.5) is 5.82 Å². The van der Waals surface area contributed by atoms with Crippen LogP contribution in [0.2, 0.25) is 5.02 Å². The fourth-order valence-electron chi connectivity index (χ4n) is 2.33. The van der Waals surface area contributed by atoms with Crippen LogP contribution < -0.4 is 4.90 Å². The third-order valence-electron chi connectivity index (χ3n) is 3.27. The Balaban J connectivity index is 2.20. The molecule has 0 radical (unpaired) electrons. The van der Waals surface area contributed by atoms with Crippen LogP contribution in [0.15, 0.2) is 16.7 Å². The summed E-state index contributed by atoms with van der Waals surface area (Å²) in [5, 5.41) is 0.853. The molecule has 0 bridgehead atoms. The third kappa shape index (κ3) is 3.07. The lowest BCUT2D eigenvalue weighted by atomic mass is 9.94. The van der Waals surface area contributed by atoms with Crippen LogP contribution in [0.3, 0.4) is 0 Å². The maximum absolute atomic E-state index is 6.39. The fraction of sp³-hybridized carbons (Fsp3) is 0.583. The van der Waals surface area contributed by atoms with Gasteiger partial charge in [0.15, 0.2) is 0 Å². The van der Waals surface area contributed by atoms with Crippen LogP contribution >= 0.6 is 39.1 Å². The Labute approximate surface area is 120 Å². The van der Waals surface area contributed by atoms with E-state index in [0.29, 0.717) is 11.1 Å². The van der Waals surface area contributed by atoms with Crippen LogP contribution in [0.1, 0.15) is 25.7 Å². The van der Waals surface area contributed by atoms with E-state index >= 15 is 0 Å². The highest BCUT2D eigenvalue weighted by molar-refractivity contribution is 9.10. The molecule has 2 atom stereocenters. The van der Waals surface area contributed by atoms with Crippen LogP contribution in [0.25, 0.3) is 0 Å². The summed E-state index contributed by atoms with van der Waals surface area (Å²) in [6.45, 7) is 0. The maximum Gasteiger partial charge on any atom is 0.147 e. The standard InChI is InChI=1S/C12H15BrCl2N2/c1-17(11-5-3-2-4-9(11)14)12-10(15)6-8(13)7-16-12/h6-7,9,11H,2-5H2,1H3. The molecule has 1 fully saturated rings. The second kappa shape index (κ2) is 5.77. The van der Waals surface area contributed by atoms with Crippen molar-refractivity contribution in [1.29, 1.82) is 0 Å². The number of aromatic nitrogens is 1. The zero-order valence-corrected chi connectivity index (χ0v) is 12.8. The molecule has 1 heterocycles. The monoisotopic (exact) mass is 336 g/mol. The molecule has 1 aromatic heterocycles. The summed E-state index contributed by atoms with van der Waals surface area (Å²) in [4.78, 5) is 6.49. The molecule has 1 saturated carbocycles. The van der Waals surface area contributed by atoms with Crippen molar-refractivity contribution in [3.8, 4) is 0 Å². The number of nitrogens with zero attached hydrogens (tertiary/aromatic N) is 2. The number of alkyl halides is 1. The Morgan fingerprint density at radius 2 is 2.12 bits per heavy atom. The molecular weight excluding hydrogens is 323 g/mol. The first-order valence-corrected chi connectivity index (χ1v) is 7.38. The van der Waals surface area contributed by atoms with E-state index in [1.54, 1.807) is 6.20 Å². The number of halogens is 3. The minimum Gasteiger partial charge on any atom is -0.354 e. The van der Waals surface area contributed by atoms with Gasteiger partial charge in [0.1, 0.15) is 5.82 Å². The Kier molecular flexibility index (Phi) is 4.56. The van der Waals surface area contributed by atoms with Crippen molar-refractivity contribution in [2.45, 2.75) is 37.1 Å². The van der Waals surface area contributed by atoms with Gasteiger partial charge in [0, 0.05) is 23.8 Å². The van der Waals surface area contributed by atoms with Crippen molar-refractivity contribution in [2.24, 2.45) is 0 Å². The number of rotatable bonds is 2. The Bertz CT molecular complexity index is 400. The lowest BCUT2D eigenvalue weighted by Crippen LogP contribution is -2.41. The fourth-order valence-corrected chi connectivity index (χ4v) is 3.54. The molecule has 1 aliphatic rings. The molecule has 0 N–H and O–H groups in total. The largest absolute Gasteiger partial charge is 0.354 e. The number of anilines is 1. The molecule has 2 nitrogen and oxygen atoms in total. The van der Waals surface area contributed by atoms with Gasteiger partial charge in [-0.2, -0.15) is 0 Å². The van der Waals surface area contributed by atoms with E-state index in [9.17, 15) is 0 Å². The maximum atomic E-state index is 6.39. The van der Waals surface area contributed by atoms with Crippen molar-refractivity contribution in [2.75, 3.05) is 11.9 Å². The number of hydrogen-bond acceptors (Lipinski definition) is 2. The van der Waals surface area contributed by atoms with Crippen LogP contribution in [0.5, 0.6) is 0 Å². The molecular formula is C12H15BrCl2N2. The highest BCUT2D eigenvalue weighted by atomic mass is 79.9. The topological polar surface area (TPSA) is 16.1 Å². The van der Waals surface area contributed by atoms with E-state index in [2.05, 4.69) is 25.8 Å².